The summed E-state index contributed by atoms with van der Waals surface area (Å²) < 4.78 is 5.35. The number of aromatic carboxylic acids is 1. The molecule has 0 radical (unpaired) electrons. The van der Waals surface area contributed by atoms with Crippen molar-refractivity contribution >= 4 is 12.1 Å². The van der Waals surface area contributed by atoms with E-state index in [4.69, 9.17) is 9.84 Å². The number of piperidine rings is 2. The predicted octanol–water partition coefficient (Wildman–Crippen LogP) is 2.90. The Labute approximate surface area is 123 Å². The smallest absolute Gasteiger partial charge is 0.410 e. The van der Waals surface area contributed by atoms with Crippen LogP contribution < -0.4 is 0 Å². The molecule has 0 unspecified atom stereocenters. The molecule has 0 spiro atoms. The van der Waals surface area contributed by atoms with E-state index in [9.17, 15) is 9.59 Å². The molecular formula is C16H19NO4. The second-order valence-electron chi connectivity index (χ2n) is 5.89. The summed E-state index contributed by atoms with van der Waals surface area (Å²) in [6.45, 7) is 0.923. The molecule has 1 aromatic carbocycles. The van der Waals surface area contributed by atoms with E-state index in [1.807, 2.05) is 4.90 Å². The summed E-state index contributed by atoms with van der Waals surface area (Å²) in [6, 6.07) is 6.82. The largest absolute Gasteiger partial charge is 0.478 e. The standard InChI is InChI=1S/C16H19NO4/c18-15(19)13-3-1-2-12(8-13)10-21-16(20)17-9-11-4-6-14(17)7-5-11/h1-3,8,11,14H,4-7,9-10H2,(H,18,19). The van der Waals surface area contributed by atoms with Crippen LogP contribution in [0.3, 0.4) is 0 Å². The Morgan fingerprint density at radius 1 is 1.24 bits per heavy atom. The summed E-state index contributed by atoms with van der Waals surface area (Å²) in [6.07, 6.45) is 4.32. The van der Waals surface area contributed by atoms with Crippen molar-refractivity contribution in [3.05, 3.63) is 35.4 Å². The zero-order valence-electron chi connectivity index (χ0n) is 11.8. The maximum absolute atomic E-state index is 12.2. The molecule has 2 saturated heterocycles. The first-order chi connectivity index (χ1) is 10.1. The Morgan fingerprint density at radius 2 is 2.00 bits per heavy atom. The van der Waals surface area contributed by atoms with Crippen LogP contribution in [0.4, 0.5) is 4.79 Å². The third-order valence-corrected chi connectivity index (χ3v) is 4.48. The van der Waals surface area contributed by atoms with E-state index in [-0.39, 0.29) is 18.3 Å². The molecule has 2 aliphatic heterocycles. The van der Waals surface area contributed by atoms with Gasteiger partial charge in [0.25, 0.3) is 0 Å². The van der Waals surface area contributed by atoms with Crippen LogP contribution >= 0.6 is 0 Å². The number of hydrogen-bond acceptors (Lipinski definition) is 3. The van der Waals surface area contributed by atoms with Gasteiger partial charge in [-0.1, -0.05) is 12.1 Å². The van der Waals surface area contributed by atoms with Crippen molar-refractivity contribution in [1.82, 2.24) is 4.90 Å². The molecule has 0 atom stereocenters. The van der Waals surface area contributed by atoms with Gasteiger partial charge in [-0.05, 0) is 49.3 Å². The van der Waals surface area contributed by atoms with Crippen molar-refractivity contribution < 1.29 is 19.4 Å². The molecule has 4 rings (SSSR count). The Balaban J connectivity index is 1.58. The first-order valence-electron chi connectivity index (χ1n) is 7.39. The number of carbonyl (C=O) groups excluding carboxylic acids is 1. The van der Waals surface area contributed by atoms with Gasteiger partial charge in [-0.15, -0.1) is 0 Å². The number of rotatable bonds is 3. The Morgan fingerprint density at radius 3 is 2.62 bits per heavy atom. The lowest BCUT2D eigenvalue weighted by Crippen LogP contribution is -2.50. The molecular weight excluding hydrogens is 270 g/mol. The van der Waals surface area contributed by atoms with Crippen LogP contribution in [-0.2, 0) is 11.3 Å². The molecule has 3 fully saturated rings. The molecule has 1 amide bonds. The van der Waals surface area contributed by atoms with E-state index in [0.29, 0.717) is 17.5 Å². The van der Waals surface area contributed by atoms with Crippen molar-refractivity contribution in [2.24, 2.45) is 5.92 Å². The van der Waals surface area contributed by atoms with Crippen LogP contribution in [0, 0.1) is 5.92 Å². The molecule has 5 heteroatoms. The van der Waals surface area contributed by atoms with Gasteiger partial charge in [0.2, 0.25) is 0 Å². The molecule has 1 aromatic rings. The van der Waals surface area contributed by atoms with Crippen molar-refractivity contribution in [2.75, 3.05) is 6.54 Å². The van der Waals surface area contributed by atoms with Crippen LogP contribution in [0.25, 0.3) is 0 Å². The monoisotopic (exact) mass is 289 g/mol. The first kappa shape index (κ1) is 13.9. The van der Waals surface area contributed by atoms with Crippen molar-refractivity contribution in [2.45, 2.75) is 38.3 Å². The maximum Gasteiger partial charge on any atom is 0.410 e. The molecule has 112 valence electrons. The van der Waals surface area contributed by atoms with Gasteiger partial charge in [0.15, 0.2) is 0 Å². The predicted molar refractivity (Wildman–Crippen MR) is 76.0 cm³/mol. The van der Waals surface area contributed by atoms with Gasteiger partial charge in [-0.2, -0.15) is 0 Å². The van der Waals surface area contributed by atoms with E-state index >= 15 is 0 Å². The molecule has 2 heterocycles. The normalized spacial score (nSPS) is 23.9. The second kappa shape index (κ2) is 5.76. The minimum Gasteiger partial charge on any atom is -0.478 e. The zero-order chi connectivity index (χ0) is 14.8. The average molecular weight is 289 g/mol. The highest BCUT2D eigenvalue weighted by molar-refractivity contribution is 5.87. The van der Waals surface area contributed by atoms with Crippen molar-refractivity contribution in [3.63, 3.8) is 0 Å². The Kier molecular flexibility index (Phi) is 3.82. The first-order valence-corrected chi connectivity index (χ1v) is 7.39. The Bertz CT molecular complexity index is 549. The summed E-state index contributed by atoms with van der Waals surface area (Å²) in [4.78, 5) is 24.9. The fourth-order valence-corrected chi connectivity index (χ4v) is 3.31. The number of carboxylic acid groups (broad SMARTS) is 1. The summed E-state index contributed by atoms with van der Waals surface area (Å²) >= 11 is 0. The van der Waals surface area contributed by atoms with Gasteiger partial charge in [0.05, 0.1) is 5.56 Å². The third kappa shape index (κ3) is 3.01. The van der Waals surface area contributed by atoms with Crippen molar-refractivity contribution in [1.29, 1.82) is 0 Å². The van der Waals surface area contributed by atoms with E-state index in [2.05, 4.69) is 0 Å². The van der Waals surface area contributed by atoms with Gasteiger partial charge < -0.3 is 14.7 Å². The zero-order valence-corrected chi connectivity index (χ0v) is 11.8. The van der Waals surface area contributed by atoms with Crippen LogP contribution in [0.2, 0.25) is 0 Å². The molecule has 1 saturated carbocycles. The minimum absolute atomic E-state index is 0.119. The number of carboxylic acids is 1. The van der Waals surface area contributed by atoms with Gasteiger partial charge in [-0.25, -0.2) is 9.59 Å². The molecule has 2 bridgehead atoms. The van der Waals surface area contributed by atoms with Crippen LogP contribution in [0.1, 0.15) is 41.6 Å². The number of hydrogen-bond donors (Lipinski definition) is 1. The highest BCUT2D eigenvalue weighted by Crippen LogP contribution is 2.35. The quantitative estimate of drug-likeness (QED) is 0.929. The van der Waals surface area contributed by atoms with Gasteiger partial charge >= 0.3 is 12.1 Å². The van der Waals surface area contributed by atoms with E-state index in [0.717, 1.165) is 19.4 Å². The van der Waals surface area contributed by atoms with Gasteiger partial charge in [0, 0.05) is 12.6 Å². The van der Waals surface area contributed by atoms with E-state index < -0.39 is 5.97 Å². The SMILES string of the molecule is O=C(O)c1cccc(COC(=O)N2CC3CCC2CC3)c1. The summed E-state index contributed by atoms with van der Waals surface area (Å²) in [5.41, 5.74) is 0.908. The molecule has 0 aromatic heterocycles. The maximum atomic E-state index is 12.2. The second-order valence-corrected chi connectivity index (χ2v) is 5.89. The number of carbonyl (C=O) groups is 2. The minimum atomic E-state index is -0.975. The van der Waals surface area contributed by atoms with Crippen LogP contribution in [0.15, 0.2) is 24.3 Å². The highest BCUT2D eigenvalue weighted by atomic mass is 16.6. The third-order valence-electron chi connectivity index (χ3n) is 4.48. The number of benzene rings is 1. The average Bonchev–Trinajstić information content (AvgIpc) is 2.54. The van der Waals surface area contributed by atoms with Crippen LogP contribution in [0.5, 0.6) is 0 Å². The number of fused-ring (bicyclic) bond motifs is 3. The van der Waals surface area contributed by atoms with E-state index in [1.54, 1.807) is 12.1 Å². The summed E-state index contributed by atoms with van der Waals surface area (Å²) in [7, 11) is 0. The molecule has 1 N–H and O–H groups in total. The Hall–Kier alpha value is -2.04. The number of ether oxygens (including phenoxy) is 1. The highest BCUT2D eigenvalue weighted by Gasteiger charge is 2.37. The fourth-order valence-electron chi connectivity index (χ4n) is 3.31. The number of nitrogens with zero attached hydrogens (tertiary/aromatic N) is 1. The van der Waals surface area contributed by atoms with Crippen molar-refractivity contribution in [3.8, 4) is 0 Å². The molecule has 3 aliphatic rings. The van der Waals surface area contributed by atoms with Gasteiger partial charge in [0.1, 0.15) is 6.61 Å². The lowest BCUT2D eigenvalue weighted by atomic mass is 9.80. The molecule has 1 aliphatic carbocycles. The summed E-state index contributed by atoms with van der Waals surface area (Å²) in [5.74, 6) is -0.352. The lowest BCUT2D eigenvalue weighted by Gasteiger charge is -2.44. The summed E-state index contributed by atoms with van der Waals surface area (Å²) in [5, 5.41) is 8.95. The number of amides is 1. The van der Waals surface area contributed by atoms with Crippen LogP contribution in [-0.4, -0.2) is 34.7 Å². The van der Waals surface area contributed by atoms with Gasteiger partial charge in [-0.3, -0.25) is 0 Å². The lowest BCUT2D eigenvalue weighted by molar-refractivity contribution is 0.0265. The molecule has 5 nitrogen and oxygen atoms in total. The topological polar surface area (TPSA) is 66.8 Å². The molecule has 21 heavy (non-hydrogen) atoms. The van der Waals surface area contributed by atoms with E-state index in [1.165, 1.54) is 25.0 Å². The fraction of sp³-hybridized carbons (Fsp3) is 0.500.